The van der Waals surface area contributed by atoms with Crippen LogP contribution in [0, 0.1) is 5.82 Å². The highest BCUT2D eigenvalue weighted by molar-refractivity contribution is 9.10. The second-order valence-corrected chi connectivity index (χ2v) is 4.12. The molecule has 0 saturated heterocycles. The zero-order valence-electron chi connectivity index (χ0n) is 8.45. The normalized spacial score (nSPS) is 10.1. The first-order chi connectivity index (χ1) is 7.74. The van der Waals surface area contributed by atoms with Gasteiger partial charge in [0.25, 0.3) is 0 Å². The molecule has 1 N–H and O–H groups in total. The smallest absolute Gasteiger partial charge is 0.123 e. The third kappa shape index (κ3) is 3.03. The van der Waals surface area contributed by atoms with Gasteiger partial charge in [0, 0.05) is 5.69 Å². The summed E-state index contributed by atoms with van der Waals surface area (Å²) in [6, 6.07) is 12.0. The SMILES string of the molecule is Fc1ccc(NCc2cccc(Br)n2)cc1. The molecule has 0 bridgehead atoms. The molecule has 1 heterocycles. The lowest BCUT2D eigenvalue weighted by Gasteiger charge is -2.05. The van der Waals surface area contributed by atoms with Gasteiger partial charge in [-0.2, -0.15) is 0 Å². The summed E-state index contributed by atoms with van der Waals surface area (Å²) in [5, 5.41) is 3.17. The zero-order valence-corrected chi connectivity index (χ0v) is 10.0. The first-order valence-electron chi connectivity index (χ1n) is 4.85. The molecule has 0 amide bonds. The van der Waals surface area contributed by atoms with E-state index in [1.165, 1.54) is 12.1 Å². The molecule has 2 aromatic rings. The van der Waals surface area contributed by atoms with Gasteiger partial charge in [-0.25, -0.2) is 9.37 Å². The molecule has 0 aliphatic carbocycles. The van der Waals surface area contributed by atoms with Crippen molar-refractivity contribution >= 4 is 21.6 Å². The van der Waals surface area contributed by atoms with Crippen molar-refractivity contribution in [2.75, 3.05) is 5.32 Å². The van der Waals surface area contributed by atoms with Crippen LogP contribution in [0.1, 0.15) is 5.69 Å². The third-order valence-corrected chi connectivity index (χ3v) is 2.53. The zero-order chi connectivity index (χ0) is 11.4. The van der Waals surface area contributed by atoms with E-state index in [4.69, 9.17) is 0 Å². The summed E-state index contributed by atoms with van der Waals surface area (Å²) in [7, 11) is 0. The van der Waals surface area contributed by atoms with Crippen molar-refractivity contribution in [2.45, 2.75) is 6.54 Å². The van der Waals surface area contributed by atoms with Crippen molar-refractivity contribution in [1.82, 2.24) is 4.98 Å². The van der Waals surface area contributed by atoms with Crippen LogP contribution in [0.25, 0.3) is 0 Å². The number of hydrogen-bond acceptors (Lipinski definition) is 2. The van der Waals surface area contributed by atoms with Crippen LogP contribution in [0.15, 0.2) is 47.1 Å². The first kappa shape index (κ1) is 11.1. The monoisotopic (exact) mass is 280 g/mol. The fraction of sp³-hybridized carbons (Fsp3) is 0.0833. The first-order valence-corrected chi connectivity index (χ1v) is 5.64. The van der Waals surface area contributed by atoms with Gasteiger partial charge in [-0.05, 0) is 52.3 Å². The van der Waals surface area contributed by atoms with Crippen molar-refractivity contribution in [3.05, 3.63) is 58.6 Å². The van der Waals surface area contributed by atoms with E-state index in [-0.39, 0.29) is 5.82 Å². The van der Waals surface area contributed by atoms with Crippen LogP contribution in [-0.4, -0.2) is 4.98 Å². The molecule has 2 nitrogen and oxygen atoms in total. The summed E-state index contributed by atoms with van der Waals surface area (Å²) in [5.74, 6) is -0.230. The number of halogens is 2. The molecule has 16 heavy (non-hydrogen) atoms. The number of rotatable bonds is 3. The lowest BCUT2D eigenvalue weighted by molar-refractivity contribution is 0.628. The largest absolute Gasteiger partial charge is 0.379 e. The van der Waals surface area contributed by atoms with E-state index >= 15 is 0 Å². The van der Waals surface area contributed by atoms with E-state index in [0.717, 1.165) is 16.0 Å². The Kier molecular flexibility index (Phi) is 3.51. The van der Waals surface area contributed by atoms with Crippen molar-refractivity contribution in [3.8, 4) is 0 Å². The Morgan fingerprint density at radius 3 is 2.56 bits per heavy atom. The number of aromatic nitrogens is 1. The minimum atomic E-state index is -0.230. The number of benzene rings is 1. The van der Waals surface area contributed by atoms with Crippen LogP contribution < -0.4 is 5.32 Å². The van der Waals surface area contributed by atoms with Crippen LogP contribution >= 0.6 is 15.9 Å². The molecule has 82 valence electrons. The molecule has 0 radical (unpaired) electrons. The Morgan fingerprint density at radius 1 is 1.12 bits per heavy atom. The van der Waals surface area contributed by atoms with Crippen molar-refractivity contribution in [2.24, 2.45) is 0 Å². The summed E-state index contributed by atoms with van der Waals surface area (Å²) in [4.78, 5) is 4.29. The molecule has 1 aromatic heterocycles. The molecule has 0 aliphatic heterocycles. The van der Waals surface area contributed by atoms with Gasteiger partial charge in [-0.3, -0.25) is 0 Å². The molecule has 0 atom stereocenters. The summed E-state index contributed by atoms with van der Waals surface area (Å²) < 4.78 is 13.5. The minimum Gasteiger partial charge on any atom is -0.379 e. The highest BCUT2D eigenvalue weighted by Crippen LogP contribution is 2.11. The Labute approximate surface area is 102 Å². The van der Waals surface area contributed by atoms with Gasteiger partial charge in [0.15, 0.2) is 0 Å². The molecule has 0 unspecified atom stereocenters. The lowest BCUT2D eigenvalue weighted by atomic mass is 10.3. The maximum atomic E-state index is 12.7. The van der Waals surface area contributed by atoms with Crippen LogP contribution in [0.5, 0.6) is 0 Å². The van der Waals surface area contributed by atoms with Gasteiger partial charge in [0.1, 0.15) is 10.4 Å². The highest BCUT2D eigenvalue weighted by Gasteiger charge is 1.96. The molecule has 0 fully saturated rings. The molecular weight excluding hydrogens is 271 g/mol. The molecule has 0 aliphatic rings. The van der Waals surface area contributed by atoms with Gasteiger partial charge in [0.2, 0.25) is 0 Å². The standard InChI is InChI=1S/C12H10BrFN2/c13-12-3-1-2-11(16-12)8-15-10-6-4-9(14)5-7-10/h1-7,15H,8H2. The highest BCUT2D eigenvalue weighted by atomic mass is 79.9. The van der Waals surface area contributed by atoms with Crippen molar-refractivity contribution in [1.29, 1.82) is 0 Å². The second-order valence-electron chi connectivity index (χ2n) is 3.31. The van der Waals surface area contributed by atoms with Gasteiger partial charge in [-0.1, -0.05) is 6.07 Å². The predicted molar refractivity (Wildman–Crippen MR) is 65.7 cm³/mol. The van der Waals surface area contributed by atoms with E-state index in [9.17, 15) is 4.39 Å². The molecule has 1 aromatic carbocycles. The van der Waals surface area contributed by atoms with Crippen LogP contribution in [0.4, 0.5) is 10.1 Å². The number of anilines is 1. The Hall–Kier alpha value is -1.42. The van der Waals surface area contributed by atoms with Crippen LogP contribution in [0.3, 0.4) is 0 Å². The molecular formula is C12H10BrFN2. The quantitative estimate of drug-likeness (QED) is 0.869. The average Bonchev–Trinajstić information content (AvgIpc) is 2.28. The fourth-order valence-electron chi connectivity index (χ4n) is 1.31. The van der Waals surface area contributed by atoms with E-state index in [1.54, 1.807) is 12.1 Å². The molecule has 0 spiro atoms. The number of nitrogens with one attached hydrogen (secondary N) is 1. The van der Waals surface area contributed by atoms with Crippen molar-refractivity contribution < 1.29 is 4.39 Å². The summed E-state index contributed by atoms with van der Waals surface area (Å²) in [6.45, 7) is 0.616. The number of nitrogens with zero attached hydrogens (tertiary/aromatic N) is 1. The topological polar surface area (TPSA) is 24.9 Å². The maximum Gasteiger partial charge on any atom is 0.123 e. The maximum absolute atomic E-state index is 12.7. The molecule has 2 rings (SSSR count). The van der Waals surface area contributed by atoms with Crippen LogP contribution in [0.2, 0.25) is 0 Å². The van der Waals surface area contributed by atoms with Crippen molar-refractivity contribution in [3.63, 3.8) is 0 Å². The summed E-state index contributed by atoms with van der Waals surface area (Å²) in [5.41, 5.74) is 1.81. The Bertz CT molecular complexity index is 471. The fourth-order valence-corrected chi connectivity index (χ4v) is 1.69. The lowest BCUT2D eigenvalue weighted by Crippen LogP contribution is -2.01. The van der Waals surface area contributed by atoms with Gasteiger partial charge in [-0.15, -0.1) is 0 Å². The number of pyridine rings is 1. The van der Waals surface area contributed by atoms with Gasteiger partial charge < -0.3 is 5.32 Å². The molecule has 0 saturated carbocycles. The van der Waals surface area contributed by atoms with Crippen LogP contribution in [-0.2, 0) is 6.54 Å². The average molecular weight is 281 g/mol. The summed E-state index contributed by atoms with van der Waals surface area (Å²) in [6.07, 6.45) is 0. The van der Waals surface area contributed by atoms with E-state index in [1.807, 2.05) is 18.2 Å². The van der Waals surface area contributed by atoms with Gasteiger partial charge >= 0.3 is 0 Å². The van der Waals surface area contributed by atoms with Gasteiger partial charge in [0.05, 0.1) is 12.2 Å². The summed E-state index contributed by atoms with van der Waals surface area (Å²) >= 11 is 3.31. The Balaban J connectivity index is 1.99. The third-order valence-electron chi connectivity index (χ3n) is 2.09. The van der Waals surface area contributed by atoms with E-state index < -0.39 is 0 Å². The van der Waals surface area contributed by atoms with E-state index in [2.05, 4.69) is 26.2 Å². The molecule has 4 heteroatoms. The minimum absolute atomic E-state index is 0.230. The number of hydrogen-bond donors (Lipinski definition) is 1. The Morgan fingerprint density at radius 2 is 1.88 bits per heavy atom. The predicted octanol–water partition coefficient (Wildman–Crippen LogP) is 3.60. The van der Waals surface area contributed by atoms with E-state index in [0.29, 0.717) is 6.54 Å². The second kappa shape index (κ2) is 5.07.